The lowest BCUT2D eigenvalue weighted by molar-refractivity contribution is 0.00228. The second-order valence-corrected chi connectivity index (χ2v) is 6.25. The van der Waals surface area contributed by atoms with E-state index in [0.29, 0.717) is 18.9 Å². The Hall–Kier alpha value is -1.64. The van der Waals surface area contributed by atoms with E-state index < -0.39 is 0 Å². The lowest BCUT2D eigenvalue weighted by Crippen LogP contribution is -2.45. The smallest absolute Gasteiger partial charge is 0.315 e. The van der Waals surface area contributed by atoms with E-state index in [4.69, 9.17) is 11.2 Å². The van der Waals surface area contributed by atoms with Crippen molar-refractivity contribution >= 4 is 17.8 Å². The zero-order valence-electron chi connectivity index (χ0n) is 12.6. The lowest BCUT2D eigenvalue weighted by atomic mass is 9.97. The minimum absolute atomic E-state index is 0.0615. The van der Waals surface area contributed by atoms with Crippen molar-refractivity contribution in [2.75, 3.05) is 24.7 Å². The molecule has 1 aromatic carbocycles. The molecule has 1 fully saturated rings. The molecule has 118 valence electrons. The monoisotopic (exact) mass is 318 g/mol. The molecular formula is C17H22N2O2S. The van der Waals surface area contributed by atoms with Crippen LogP contribution in [0, 0.1) is 12.3 Å². The van der Waals surface area contributed by atoms with Crippen molar-refractivity contribution in [3.8, 4) is 12.3 Å². The van der Waals surface area contributed by atoms with E-state index in [-0.39, 0.29) is 18.2 Å². The average molecular weight is 318 g/mol. The van der Waals surface area contributed by atoms with Crippen molar-refractivity contribution in [1.29, 1.82) is 0 Å². The van der Waals surface area contributed by atoms with E-state index in [1.165, 1.54) is 5.56 Å². The number of thioether (sulfide) groups is 1. The summed E-state index contributed by atoms with van der Waals surface area (Å²) < 4.78 is 5.81. The van der Waals surface area contributed by atoms with Crippen LogP contribution in [0.25, 0.3) is 0 Å². The predicted molar refractivity (Wildman–Crippen MR) is 90.8 cm³/mol. The molecule has 0 aromatic heterocycles. The Kier molecular flexibility index (Phi) is 7.14. The summed E-state index contributed by atoms with van der Waals surface area (Å²) >= 11 is 1.64. The fourth-order valence-corrected chi connectivity index (χ4v) is 2.94. The van der Waals surface area contributed by atoms with Crippen LogP contribution in [0.5, 0.6) is 0 Å². The summed E-state index contributed by atoms with van der Waals surface area (Å²) in [6, 6.07) is 10.2. The molecule has 4 nitrogen and oxygen atoms in total. The minimum atomic E-state index is -0.111. The van der Waals surface area contributed by atoms with Crippen molar-refractivity contribution in [3.05, 3.63) is 35.9 Å². The Bertz CT molecular complexity index is 501. The molecule has 0 unspecified atom stereocenters. The average Bonchev–Trinajstić information content (AvgIpc) is 2.56. The number of carbonyl (C=O) groups excluding carboxylic acids is 1. The number of rotatable bonds is 6. The maximum atomic E-state index is 11.9. The van der Waals surface area contributed by atoms with Gasteiger partial charge in [0.2, 0.25) is 0 Å². The van der Waals surface area contributed by atoms with Crippen LogP contribution in [0.1, 0.15) is 24.5 Å². The molecule has 0 saturated carbocycles. The van der Waals surface area contributed by atoms with Crippen LogP contribution in [0.2, 0.25) is 0 Å². The highest BCUT2D eigenvalue weighted by atomic mass is 32.2. The highest BCUT2D eigenvalue weighted by molar-refractivity contribution is 7.99. The van der Waals surface area contributed by atoms with E-state index in [9.17, 15) is 4.79 Å². The first-order chi connectivity index (χ1) is 10.8. The Morgan fingerprint density at radius 3 is 3.00 bits per heavy atom. The molecule has 1 aliphatic heterocycles. The summed E-state index contributed by atoms with van der Waals surface area (Å²) in [5, 5.41) is 5.89. The SMILES string of the molecule is C#CCSCCNC(=O)N[C@@H]1CCO[C@H](c2ccccc2)C1. The number of hydrogen-bond donors (Lipinski definition) is 2. The third-order valence-electron chi connectivity index (χ3n) is 3.51. The molecule has 2 N–H and O–H groups in total. The lowest BCUT2D eigenvalue weighted by Gasteiger charge is -2.30. The highest BCUT2D eigenvalue weighted by Gasteiger charge is 2.24. The van der Waals surface area contributed by atoms with Crippen molar-refractivity contribution in [1.82, 2.24) is 10.6 Å². The largest absolute Gasteiger partial charge is 0.373 e. The predicted octanol–water partition coefficient (Wildman–Crippen LogP) is 2.57. The van der Waals surface area contributed by atoms with E-state index >= 15 is 0 Å². The maximum absolute atomic E-state index is 11.9. The van der Waals surface area contributed by atoms with Crippen LogP contribution in [0.15, 0.2) is 30.3 Å². The summed E-state index contributed by atoms with van der Waals surface area (Å²) in [6.07, 6.45) is 6.89. The Morgan fingerprint density at radius 2 is 2.23 bits per heavy atom. The van der Waals surface area contributed by atoms with Crippen LogP contribution in [-0.4, -0.2) is 36.7 Å². The third kappa shape index (κ3) is 5.63. The van der Waals surface area contributed by atoms with Gasteiger partial charge in [-0.1, -0.05) is 36.3 Å². The first kappa shape index (κ1) is 16.7. The van der Waals surface area contributed by atoms with Crippen LogP contribution in [0.3, 0.4) is 0 Å². The topological polar surface area (TPSA) is 50.4 Å². The number of amides is 2. The molecular weight excluding hydrogens is 296 g/mol. The standard InChI is InChI=1S/C17H22N2O2S/c1-2-11-22-12-9-18-17(20)19-15-8-10-21-16(13-15)14-6-4-3-5-7-14/h1,3-7,15-16H,8-13H2,(H2,18,19,20)/t15-,16+/m1/s1. The molecule has 2 amide bonds. The van der Waals surface area contributed by atoms with Crippen LogP contribution in [0.4, 0.5) is 4.79 Å². The Morgan fingerprint density at radius 1 is 1.41 bits per heavy atom. The van der Waals surface area contributed by atoms with Gasteiger partial charge in [0.25, 0.3) is 0 Å². The highest BCUT2D eigenvalue weighted by Crippen LogP contribution is 2.27. The Labute approximate surface area is 136 Å². The molecule has 1 saturated heterocycles. The Balaban J connectivity index is 1.71. The van der Waals surface area contributed by atoms with Gasteiger partial charge in [0.05, 0.1) is 11.9 Å². The van der Waals surface area contributed by atoms with Gasteiger partial charge in [-0.15, -0.1) is 18.2 Å². The van der Waals surface area contributed by atoms with Crippen LogP contribution >= 0.6 is 11.8 Å². The normalized spacial score (nSPS) is 20.9. The van der Waals surface area contributed by atoms with Gasteiger partial charge in [0.1, 0.15) is 0 Å². The van der Waals surface area contributed by atoms with Gasteiger partial charge in [-0.3, -0.25) is 0 Å². The van der Waals surface area contributed by atoms with Crippen molar-refractivity contribution < 1.29 is 9.53 Å². The maximum Gasteiger partial charge on any atom is 0.315 e. The van der Waals surface area contributed by atoms with Gasteiger partial charge in [-0.05, 0) is 18.4 Å². The van der Waals surface area contributed by atoms with Gasteiger partial charge in [0, 0.05) is 24.9 Å². The number of hydrogen-bond acceptors (Lipinski definition) is 3. The minimum Gasteiger partial charge on any atom is -0.373 e. The van der Waals surface area contributed by atoms with Gasteiger partial charge in [-0.25, -0.2) is 4.79 Å². The fourth-order valence-electron chi connectivity index (χ4n) is 2.43. The van der Waals surface area contributed by atoms with Gasteiger partial charge in [-0.2, -0.15) is 0 Å². The number of benzene rings is 1. The zero-order chi connectivity index (χ0) is 15.6. The zero-order valence-corrected chi connectivity index (χ0v) is 13.4. The number of carbonyl (C=O) groups is 1. The first-order valence-electron chi connectivity index (χ1n) is 7.51. The number of terminal acetylenes is 1. The van der Waals surface area contributed by atoms with E-state index in [1.807, 2.05) is 18.2 Å². The van der Waals surface area contributed by atoms with Crippen LogP contribution in [-0.2, 0) is 4.74 Å². The molecule has 1 aromatic rings. The quantitative estimate of drug-likeness (QED) is 0.626. The molecule has 2 rings (SSSR count). The van der Waals surface area contributed by atoms with Crippen molar-refractivity contribution in [3.63, 3.8) is 0 Å². The second kappa shape index (κ2) is 9.39. The summed E-state index contributed by atoms with van der Waals surface area (Å²) in [6.45, 7) is 1.30. The molecule has 0 aliphatic carbocycles. The molecule has 0 bridgehead atoms. The van der Waals surface area contributed by atoms with Gasteiger partial charge >= 0.3 is 6.03 Å². The summed E-state index contributed by atoms with van der Waals surface area (Å²) in [5.74, 6) is 4.08. The van der Waals surface area contributed by atoms with E-state index in [0.717, 1.165) is 18.6 Å². The van der Waals surface area contributed by atoms with E-state index in [2.05, 4.69) is 28.7 Å². The molecule has 1 aliphatic rings. The second-order valence-electron chi connectivity index (χ2n) is 5.15. The molecule has 22 heavy (non-hydrogen) atoms. The van der Waals surface area contributed by atoms with E-state index in [1.54, 1.807) is 11.8 Å². The molecule has 0 radical (unpaired) electrons. The molecule has 1 heterocycles. The third-order valence-corrected chi connectivity index (χ3v) is 4.37. The fraction of sp³-hybridized carbons (Fsp3) is 0.471. The number of ether oxygens (including phenoxy) is 1. The molecule has 0 spiro atoms. The molecule has 2 atom stereocenters. The first-order valence-corrected chi connectivity index (χ1v) is 8.67. The van der Waals surface area contributed by atoms with Crippen molar-refractivity contribution in [2.45, 2.75) is 25.0 Å². The van der Waals surface area contributed by atoms with Crippen molar-refractivity contribution in [2.24, 2.45) is 0 Å². The van der Waals surface area contributed by atoms with Crippen LogP contribution < -0.4 is 10.6 Å². The summed E-state index contributed by atoms with van der Waals surface area (Å²) in [5.41, 5.74) is 1.17. The number of nitrogens with one attached hydrogen (secondary N) is 2. The van der Waals surface area contributed by atoms with Gasteiger partial charge < -0.3 is 15.4 Å². The summed E-state index contributed by atoms with van der Waals surface area (Å²) in [4.78, 5) is 11.9. The molecule has 5 heteroatoms. The number of urea groups is 1. The summed E-state index contributed by atoms with van der Waals surface area (Å²) in [7, 11) is 0. The van der Waals surface area contributed by atoms with Gasteiger partial charge in [0.15, 0.2) is 0 Å².